The third-order valence-electron chi connectivity index (χ3n) is 1.52. The Morgan fingerprint density at radius 2 is 2.29 bits per heavy atom. The van der Waals surface area contributed by atoms with Gasteiger partial charge in [0.1, 0.15) is 4.60 Å². The molecule has 0 aliphatic heterocycles. The minimum atomic E-state index is -2.72. The van der Waals surface area contributed by atoms with Crippen molar-refractivity contribution in [2.75, 3.05) is 0 Å². The van der Waals surface area contributed by atoms with E-state index >= 15 is 0 Å². The lowest BCUT2D eigenvalue weighted by atomic mass is 10.1. The van der Waals surface area contributed by atoms with Crippen LogP contribution in [0.2, 0.25) is 5.02 Å². The molecular formula is C8H4BrClF2N2. The number of rotatable bonds is 2. The maximum absolute atomic E-state index is 12.5. The summed E-state index contributed by atoms with van der Waals surface area (Å²) in [6.07, 6.45) is -2.90. The predicted octanol–water partition coefficient (Wildman–Crippen LogP) is 3.50. The molecule has 0 radical (unpaired) electrons. The second kappa shape index (κ2) is 4.67. The molecule has 0 fully saturated rings. The van der Waals surface area contributed by atoms with Crippen molar-refractivity contribution >= 4 is 27.5 Å². The van der Waals surface area contributed by atoms with E-state index < -0.39 is 6.43 Å². The summed E-state index contributed by atoms with van der Waals surface area (Å²) in [6.45, 7) is 0. The minimum Gasteiger partial charge on any atom is -0.244 e. The van der Waals surface area contributed by atoms with Crippen molar-refractivity contribution in [1.29, 1.82) is 5.26 Å². The summed E-state index contributed by atoms with van der Waals surface area (Å²) < 4.78 is 25.3. The molecular weight excluding hydrogens is 277 g/mol. The molecule has 0 atom stereocenters. The maximum Gasteiger partial charge on any atom is 0.267 e. The topological polar surface area (TPSA) is 36.7 Å². The molecule has 14 heavy (non-hydrogen) atoms. The van der Waals surface area contributed by atoms with Crippen molar-refractivity contribution in [3.8, 4) is 6.07 Å². The van der Waals surface area contributed by atoms with Crippen LogP contribution in [0.4, 0.5) is 8.78 Å². The fourth-order valence-corrected chi connectivity index (χ4v) is 1.85. The first kappa shape index (κ1) is 11.3. The molecule has 1 heterocycles. The van der Waals surface area contributed by atoms with Gasteiger partial charge in [0, 0.05) is 0 Å². The number of pyridine rings is 1. The third kappa shape index (κ3) is 2.40. The van der Waals surface area contributed by atoms with Crippen LogP contribution in [0.5, 0.6) is 0 Å². The van der Waals surface area contributed by atoms with E-state index in [0.29, 0.717) is 4.60 Å². The molecule has 1 aromatic rings. The SMILES string of the molecule is N#CCc1nc(Br)cc(Cl)c1C(F)F. The zero-order valence-corrected chi connectivity index (χ0v) is 9.11. The summed E-state index contributed by atoms with van der Waals surface area (Å²) >= 11 is 8.62. The lowest BCUT2D eigenvalue weighted by Crippen LogP contribution is -1.99. The normalized spacial score (nSPS) is 10.3. The van der Waals surface area contributed by atoms with Gasteiger partial charge in [0.15, 0.2) is 0 Å². The van der Waals surface area contributed by atoms with Crippen LogP contribution in [0.25, 0.3) is 0 Å². The number of hydrogen-bond donors (Lipinski definition) is 0. The van der Waals surface area contributed by atoms with Crippen molar-refractivity contribution in [3.05, 3.63) is 26.9 Å². The Morgan fingerprint density at radius 3 is 2.79 bits per heavy atom. The smallest absolute Gasteiger partial charge is 0.244 e. The zero-order valence-electron chi connectivity index (χ0n) is 6.77. The summed E-state index contributed by atoms with van der Waals surface area (Å²) in [7, 11) is 0. The summed E-state index contributed by atoms with van der Waals surface area (Å²) in [5, 5.41) is 8.34. The van der Waals surface area contributed by atoms with Crippen molar-refractivity contribution in [3.63, 3.8) is 0 Å². The van der Waals surface area contributed by atoms with E-state index in [-0.39, 0.29) is 22.7 Å². The molecule has 0 aromatic carbocycles. The van der Waals surface area contributed by atoms with Crippen molar-refractivity contribution in [2.45, 2.75) is 12.8 Å². The Balaban J connectivity index is 3.30. The average molecular weight is 281 g/mol. The maximum atomic E-state index is 12.5. The molecule has 0 saturated carbocycles. The lowest BCUT2D eigenvalue weighted by Gasteiger charge is -2.07. The van der Waals surface area contributed by atoms with Crippen LogP contribution in [0.15, 0.2) is 10.7 Å². The van der Waals surface area contributed by atoms with Crippen LogP contribution in [-0.2, 0) is 6.42 Å². The molecule has 0 amide bonds. The largest absolute Gasteiger partial charge is 0.267 e. The molecule has 0 saturated heterocycles. The highest BCUT2D eigenvalue weighted by molar-refractivity contribution is 9.10. The monoisotopic (exact) mass is 280 g/mol. The van der Waals surface area contributed by atoms with E-state index in [2.05, 4.69) is 20.9 Å². The Hall–Kier alpha value is -0.730. The number of alkyl halides is 2. The van der Waals surface area contributed by atoms with Gasteiger partial charge in [0.25, 0.3) is 6.43 Å². The van der Waals surface area contributed by atoms with Gasteiger partial charge < -0.3 is 0 Å². The molecule has 2 nitrogen and oxygen atoms in total. The van der Waals surface area contributed by atoms with Gasteiger partial charge in [-0.15, -0.1) is 0 Å². The molecule has 0 N–H and O–H groups in total. The standard InChI is InChI=1S/C8H4BrClF2N2/c9-6-3-4(10)7(8(11)12)5(14-6)1-2-13/h3,8H,1H2. The van der Waals surface area contributed by atoms with Crippen LogP contribution >= 0.6 is 27.5 Å². The predicted molar refractivity (Wildman–Crippen MR) is 51.2 cm³/mol. The Morgan fingerprint density at radius 1 is 1.64 bits per heavy atom. The summed E-state index contributed by atoms with van der Waals surface area (Å²) in [4.78, 5) is 3.77. The third-order valence-corrected chi connectivity index (χ3v) is 2.24. The number of aromatic nitrogens is 1. The lowest BCUT2D eigenvalue weighted by molar-refractivity contribution is 0.150. The Bertz CT molecular complexity index is 390. The molecule has 0 spiro atoms. The molecule has 6 heteroatoms. The van der Waals surface area contributed by atoms with E-state index in [1.807, 2.05) is 0 Å². The first-order valence-corrected chi connectivity index (χ1v) is 4.73. The first-order chi connectivity index (χ1) is 6.56. The van der Waals surface area contributed by atoms with Gasteiger partial charge in [-0.05, 0) is 22.0 Å². The quantitative estimate of drug-likeness (QED) is 0.778. The minimum absolute atomic E-state index is 0.0156. The molecule has 0 unspecified atom stereocenters. The van der Waals surface area contributed by atoms with Gasteiger partial charge in [-0.1, -0.05) is 11.6 Å². The fraction of sp³-hybridized carbons (Fsp3) is 0.250. The molecule has 74 valence electrons. The van der Waals surface area contributed by atoms with Gasteiger partial charge in [0.05, 0.1) is 28.8 Å². The van der Waals surface area contributed by atoms with Gasteiger partial charge >= 0.3 is 0 Å². The second-order valence-electron chi connectivity index (χ2n) is 2.42. The molecule has 0 aliphatic carbocycles. The van der Waals surface area contributed by atoms with Crippen LogP contribution in [-0.4, -0.2) is 4.98 Å². The van der Waals surface area contributed by atoms with Gasteiger partial charge in [-0.3, -0.25) is 0 Å². The zero-order chi connectivity index (χ0) is 10.7. The van der Waals surface area contributed by atoms with Crippen molar-refractivity contribution in [1.82, 2.24) is 4.98 Å². The van der Waals surface area contributed by atoms with Crippen LogP contribution in [0.3, 0.4) is 0 Å². The first-order valence-electron chi connectivity index (χ1n) is 3.56. The van der Waals surface area contributed by atoms with Crippen LogP contribution in [0.1, 0.15) is 17.7 Å². The van der Waals surface area contributed by atoms with Crippen molar-refractivity contribution in [2.24, 2.45) is 0 Å². The van der Waals surface area contributed by atoms with Crippen LogP contribution in [0, 0.1) is 11.3 Å². The summed E-state index contributed by atoms with van der Waals surface area (Å²) in [5.41, 5.74) is -0.349. The molecule has 0 aliphatic rings. The molecule has 1 rings (SSSR count). The number of halogens is 4. The number of nitrogens with zero attached hydrogens (tertiary/aromatic N) is 2. The van der Waals surface area contributed by atoms with E-state index in [9.17, 15) is 8.78 Å². The summed E-state index contributed by atoms with van der Waals surface area (Å²) in [5.74, 6) is 0. The van der Waals surface area contributed by atoms with Crippen LogP contribution < -0.4 is 0 Å². The molecule has 0 bridgehead atoms. The highest BCUT2D eigenvalue weighted by Crippen LogP contribution is 2.31. The highest BCUT2D eigenvalue weighted by Gasteiger charge is 2.18. The highest BCUT2D eigenvalue weighted by atomic mass is 79.9. The average Bonchev–Trinajstić information content (AvgIpc) is 2.01. The molecule has 1 aromatic heterocycles. The van der Waals surface area contributed by atoms with E-state index in [1.54, 1.807) is 6.07 Å². The van der Waals surface area contributed by atoms with Gasteiger partial charge in [-0.25, -0.2) is 13.8 Å². The van der Waals surface area contributed by atoms with E-state index in [4.69, 9.17) is 16.9 Å². The van der Waals surface area contributed by atoms with Gasteiger partial charge in [0.2, 0.25) is 0 Å². The van der Waals surface area contributed by atoms with Crippen molar-refractivity contribution < 1.29 is 8.78 Å². The number of nitriles is 1. The Labute approximate surface area is 92.6 Å². The van der Waals surface area contributed by atoms with E-state index in [0.717, 1.165) is 0 Å². The van der Waals surface area contributed by atoms with Gasteiger partial charge in [-0.2, -0.15) is 5.26 Å². The summed E-state index contributed by atoms with van der Waals surface area (Å²) in [6, 6.07) is 3.04. The number of hydrogen-bond acceptors (Lipinski definition) is 2. The Kier molecular flexibility index (Phi) is 3.78. The fourth-order valence-electron chi connectivity index (χ4n) is 0.981. The second-order valence-corrected chi connectivity index (χ2v) is 3.64. The van der Waals surface area contributed by atoms with E-state index in [1.165, 1.54) is 6.07 Å².